The third kappa shape index (κ3) is 12.3. The Morgan fingerprint density at radius 1 is 0.630 bits per heavy atom. The van der Waals surface area contributed by atoms with Gasteiger partial charge in [-0.25, -0.2) is 19.2 Å². The van der Waals surface area contributed by atoms with Gasteiger partial charge in [-0.15, -0.1) is 0 Å². The van der Waals surface area contributed by atoms with Gasteiger partial charge in [-0.1, -0.05) is 37.4 Å². The molecular weight excluding hydrogens is 596 g/mol. The van der Waals surface area contributed by atoms with E-state index in [1.165, 1.54) is 0 Å². The van der Waals surface area contributed by atoms with E-state index in [1.54, 1.807) is 72.8 Å². The number of carbonyl (C=O) groups is 4. The molecule has 0 fully saturated rings. The lowest BCUT2D eigenvalue weighted by atomic mass is 10.1. The van der Waals surface area contributed by atoms with Crippen LogP contribution >= 0.6 is 0 Å². The lowest BCUT2D eigenvalue weighted by molar-refractivity contribution is -0.140. The van der Waals surface area contributed by atoms with E-state index in [1.807, 2.05) is 0 Å². The summed E-state index contributed by atoms with van der Waals surface area (Å²) in [6.45, 7) is 7.23. The van der Waals surface area contributed by atoms with Crippen molar-refractivity contribution < 1.29 is 52.7 Å². The zero-order valence-electron chi connectivity index (χ0n) is 25.3. The summed E-state index contributed by atoms with van der Waals surface area (Å²) in [5, 5.41) is 8.84. The van der Waals surface area contributed by atoms with Gasteiger partial charge in [0.05, 0.1) is 44.2 Å². The van der Waals surface area contributed by atoms with Gasteiger partial charge in [0.1, 0.15) is 17.2 Å². The predicted octanol–water partition coefficient (Wildman–Crippen LogP) is 5.85. The lowest BCUT2D eigenvalue weighted by Crippen LogP contribution is -2.12. The van der Waals surface area contributed by atoms with Crippen molar-refractivity contribution in [2.75, 3.05) is 33.0 Å². The van der Waals surface area contributed by atoms with Gasteiger partial charge in [0.15, 0.2) is 0 Å². The SMILES string of the molecule is C=CC(=O)OCCCCOC(=O)Oc1ccc(-c2ccc(OC(=O)c3ccc(OCCCCOC(=O)C(=C)CO)cc3)cc2)cc1. The van der Waals surface area contributed by atoms with Crippen LogP contribution in [-0.2, 0) is 23.8 Å². The highest BCUT2D eigenvalue weighted by Gasteiger charge is 2.11. The van der Waals surface area contributed by atoms with Gasteiger partial charge in [0.2, 0.25) is 0 Å². The highest BCUT2D eigenvalue weighted by Crippen LogP contribution is 2.25. The normalized spacial score (nSPS) is 10.3. The minimum atomic E-state index is -0.830. The van der Waals surface area contributed by atoms with Crippen LogP contribution in [0, 0.1) is 0 Å². The summed E-state index contributed by atoms with van der Waals surface area (Å²) in [5.41, 5.74) is 2.09. The third-order valence-electron chi connectivity index (χ3n) is 6.23. The number of unbranched alkanes of at least 4 members (excludes halogenated alkanes) is 2. The van der Waals surface area contributed by atoms with Crippen molar-refractivity contribution in [3.63, 3.8) is 0 Å². The number of aliphatic hydroxyl groups excluding tert-OH is 1. The maximum atomic E-state index is 12.6. The predicted molar refractivity (Wildman–Crippen MR) is 168 cm³/mol. The van der Waals surface area contributed by atoms with E-state index in [2.05, 4.69) is 13.2 Å². The van der Waals surface area contributed by atoms with Crippen LogP contribution in [0.25, 0.3) is 11.1 Å². The maximum absolute atomic E-state index is 12.6. The number of esters is 3. The summed E-state index contributed by atoms with van der Waals surface area (Å²) in [4.78, 5) is 46.9. The van der Waals surface area contributed by atoms with E-state index < -0.39 is 30.7 Å². The van der Waals surface area contributed by atoms with Crippen LogP contribution in [0.15, 0.2) is 97.6 Å². The maximum Gasteiger partial charge on any atom is 0.513 e. The van der Waals surface area contributed by atoms with Crippen LogP contribution in [0.1, 0.15) is 36.0 Å². The zero-order valence-corrected chi connectivity index (χ0v) is 25.3. The fraction of sp³-hybridized carbons (Fsp3) is 0.257. The largest absolute Gasteiger partial charge is 0.513 e. The molecule has 3 aromatic carbocycles. The monoisotopic (exact) mass is 632 g/mol. The summed E-state index contributed by atoms with van der Waals surface area (Å²) >= 11 is 0. The number of rotatable bonds is 18. The Kier molecular flexibility index (Phi) is 14.5. The Hall–Kier alpha value is -5.42. The Balaban J connectivity index is 1.37. The molecule has 0 saturated heterocycles. The first-order chi connectivity index (χ1) is 22.3. The molecule has 3 rings (SSSR count). The van der Waals surface area contributed by atoms with Gasteiger partial charge in [-0.2, -0.15) is 0 Å². The second-order valence-electron chi connectivity index (χ2n) is 9.70. The summed E-state index contributed by atoms with van der Waals surface area (Å²) in [5.74, 6) is -0.350. The summed E-state index contributed by atoms with van der Waals surface area (Å²) in [6, 6.07) is 20.4. The molecule has 0 heterocycles. The van der Waals surface area contributed by atoms with E-state index in [4.69, 9.17) is 33.5 Å². The van der Waals surface area contributed by atoms with Crippen molar-refractivity contribution in [3.8, 4) is 28.4 Å². The molecule has 0 aliphatic heterocycles. The Morgan fingerprint density at radius 3 is 1.70 bits per heavy atom. The van der Waals surface area contributed by atoms with Crippen molar-refractivity contribution in [2.24, 2.45) is 0 Å². The molecule has 11 heteroatoms. The number of hydrogen-bond acceptors (Lipinski definition) is 11. The van der Waals surface area contributed by atoms with Gasteiger partial charge >= 0.3 is 24.1 Å². The first-order valence-electron chi connectivity index (χ1n) is 14.5. The molecule has 0 saturated carbocycles. The van der Waals surface area contributed by atoms with Crippen LogP contribution in [0.5, 0.6) is 17.2 Å². The average Bonchev–Trinajstić information content (AvgIpc) is 3.08. The van der Waals surface area contributed by atoms with Crippen LogP contribution in [0.2, 0.25) is 0 Å². The highest BCUT2D eigenvalue weighted by atomic mass is 16.7. The summed E-state index contributed by atoms with van der Waals surface area (Å²) in [6.07, 6.45) is 2.54. The molecule has 0 atom stereocenters. The molecule has 46 heavy (non-hydrogen) atoms. The van der Waals surface area contributed by atoms with Gasteiger partial charge in [-0.05, 0) is 85.3 Å². The van der Waals surface area contributed by atoms with E-state index in [0.717, 1.165) is 17.2 Å². The lowest BCUT2D eigenvalue weighted by Gasteiger charge is -2.09. The van der Waals surface area contributed by atoms with Crippen LogP contribution in [0.4, 0.5) is 4.79 Å². The number of carbonyl (C=O) groups excluding carboxylic acids is 4. The summed E-state index contributed by atoms with van der Waals surface area (Å²) < 4.78 is 31.2. The third-order valence-corrected chi connectivity index (χ3v) is 6.23. The van der Waals surface area contributed by atoms with Crippen molar-refractivity contribution in [3.05, 3.63) is 103 Å². The van der Waals surface area contributed by atoms with Crippen LogP contribution in [-0.4, -0.2) is 62.2 Å². The minimum Gasteiger partial charge on any atom is -0.494 e. The molecule has 1 N–H and O–H groups in total. The molecular formula is C35H36O11. The molecule has 0 aromatic heterocycles. The van der Waals surface area contributed by atoms with E-state index in [0.29, 0.717) is 55.1 Å². The minimum absolute atomic E-state index is 0.0140. The molecule has 242 valence electrons. The van der Waals surface area contributed by atoms with Gasteiger partial charge < -0.3 is 33.5 Å². The second kappa shape index (κ2) is 19.1. The zero-order chi connectivity index (χ0) is 33.1. The van der Waals surface area contributed by atoms with Gasteiger partial charge in [-0.3, -0.25) is 0 Å². The first kappa shape index (κ1) is 35.1. The first-order valence-corrected chi connectivity index (χ1v) is 14.5. The number of benzene rings is 3. The molecule has 0 aliphatic carbocycles. The van der Waals surface area contributed by atoms with E-state index >= 15 is 0 Å². The van der Waals surface area contributed by atoms with Gasteiger partial charge in [0, 0.05) is 6.08 Å². The Morgan fingerprint density at radius 2 is 1.13 bits per heavy atom. The number of hydrogen-bond donors (Lipinski definition) is 1. The second-order valence-corrected chi connectivity index (χ2v) is 9.70. The molecule has 0 aliphatic rings. The molecule has 0 bridgehead atoms. The standard InChI is InChI=1S/C35H36O11/c1-3-32(37)42-21-5-7-23-44-35(40)46-31-18-10-27(11-19-31)26-8-16-30(17-9-26)45-34(39)28-12-14-29(15-13-28)41-20-4-6-22-43-33(38)25(2)24-36/h3,8-19,36H,1-2,4-7,20-24H2. The fourth-order valence-electron chi connectivity index (χ4n) is 3.73. The summed E-state index contributed by atoms with van der Waals surface area (Å²) in [7, 11) is 0. The number of ether oxygens (including phenoxy) is 6. The molecule has 0 amide bonds. The molecule has 0 unspecified atom stereocenters. The average molecular weight is 633 g/mol. The number of aliphatic hydroxyl groups is 1. The fourth-order valence-corrected chi connectivity index (χ4v) is 3.73. The van der Waals surface area contributed by atoms with Crippen LogP contribution < -0.4 is 14.2 Å². The molecule has 0 radical (unpaired) electrons. The van der Waals surface area contributed by atoms with E-state index in [-0.39, 0.29) is 25.4 Å². The van der Waals surface area contributed by atoms with Crippen molar-refractivity contribution >= 4 is 24.1 Å². The Labute approximate surface area is 266 Å². The quantitative estimate of drug-likeness (QED) is 0.0450. The van der Waals surface area contributed by atoms with Crippen molar-refractivity contribution in [1.29, 1.82) is 0 Å². The molecule has 0 spiro atoms. The van der Waals surface area contributed by atoms with Crippen molar-refractivity contribution in [1.82, 2.24) is 0 Å². The van der Waals surface area contributed by atoms with E-state index in [9.17, 15) is 19.2 Å². The highest BCUT2D eigenvalue weighted by molar-refractivity contribution is 5.91. The topological polar surface area (TPSA) is 144 Å². The molecule has 11 nitrogen and oxygen atoms in total. The smallest absolute Gasteiger partial charge is 0.494 e. The Bertz CT molecular complexity index is 1460. The van der Waals surface area contributed by atoms with Crippen molar-refractivity contribution in [2.45, 2.75) is 25.7 Å². The van der Waals surface area contributed by atoms with Gasteiger partial charge in [0.25, 0.3) is 0 Å². The molecule has 3 aromatic rings. The van der Waals surface area contributed by atoms with Crippen LogP contribution in [0.3, 0.4) is 0 Å².